The molecule has 108 valence electrons. The summed E-state index contributed by atoms with van der Waals surface area (Å²) in [7, 11) is 3.62. The highest BCUT2D eigenvalue weighted by atomic mass is 35.5. The molecule has 1 saturated heterocycles. The molecular weight excluding hydrogens is 252 g/mol. The molecule has 1 fully saturated rings. The highest BCUT2D eigenvalue weighted by Gasteiger charge is 2.29. The number of rotatable bonds is 5. The first-order valence-electron chi connectivity index (χ1n) is 6.47. The zero-order valence-electron chi connectivity index (χ0n) is 12.0. The van der Waals surface area contributed by atoms with E-state index in [1.54, 1.807) is 0 Å². The van der Waals surface area contributed by atoms with Crippen molar-refractivity contribution in [3.05, 3.63) is 0 Å². The van der Waals surface area contributed by atoms with Crippen molar-refractivity contribution in [2.24, 2.45) is 5.41 Å². The number of carbonyl (C=O) groups excluding carboxylic acids is 1. The van der Waals surface area contributed by atoms with Gasteiger partial charge in [0.2, 0.25) is 0 Å². The molecule has 0 atom stereocenters. The van der Waals surface area contributed by atoms with E-state index in [9.17, 15) is 4.79 Å². The molecule has 0 aromatic heterocycles. The number of nitrogens with zero attached hydrogens (tertiary/aromatic N) is 1. The van der Waals surface area contributed by atoms with Crippen LogP contribution in [-0.4, -0.2) is 50.7 Å². The summed E-state index contributed by atoms with van der Waals surface area (Å²) >= 11 is 0. The van der Waals surface area contributed by atoms with E-state index in [1.165, 1.54) is 20.0 Å². The summed E-state index contributed by atoms with van der Waals surface area (Å²) in [6.07, 6.45) is 3.25. The predicted octanol–water partition coefficient (Wildman–Crippen LogP) is 1.68. The maximum atomic E-state index is 11.6. The van der Waals surface area contributed by atoms with Gasteiger partial charge < -0.3 is 15.0 Å². The van der Waals surface area contributed by atoms with Crippen LogP contribution in [0.3, 0.4) is 0 Å². The lowest BCUT2D eigenvalue weighted by Gasteiger charge is -2.33. The van der Waals surface area contributed by atoms with Crippen molar-refractivity contribution in [3.8, 4) is 0 Å². The van der Waals surface area contributed by atoms with Crippen LogP contribution < -0.4 is 5.32 Å². The summed E-state index contributed by atoms with van der Waals surface area (Å²) in [6, 6.07) is 0.657. The Morgan fingerprint density at radius 1 is 1.39 bits per heavy atom. The van der Waals surface area contributed by atoms with Gasteiger partial charge in [-0.05, 0) is 59.8 Å². The normalized spacial score (nSPS) is 17.4. The minimum absolute atomic E-state index is 0. The maximum Gasteiger partial charge on any atom is 0.311 e. The van der Waals surface area contributed by atoms with Gasteiger partial charge in [-0.1, -0.05) is 0 Å². The SMILES string of the molecule is COC(=O)C(C)(C)CCN(C)C1CCNCC1.Cl. The number of esters is 1. The fourth-order valence-corrected chi connectivity index (χ4v) is 2.26. The van der Waals surface area contributed by atoms with Gasteiger partial charge in [0, 0.05) is 6.04 Å². The lowest BCUT2D eigenvalue weighted by molar-refractivity contribution is -0.151. The van der Waals surface area contributed by atoms with Crippen LogP contribution in [0.15, 0.2) is 0 Å². The quantitative estimate of drug-likeness (QED) is 0.777. The molecule has 0 bridgehead atoms. The first kappa shape index (κ1) is 17.7. The Morgan fingerprint density at radius 2 is 1.94 bits per heavy atom. The summed E-state index contributed by atoms with van der Waals surface area (Å²) in [4.78, 5) is 14.0. The van der Waals surface area contributed by atoms with Crippen LogP contribution in [0.1, 0.15) is 33.1 Å². The molecule has 5 heteroatoms. The predicted molar refractivity (Wildman–Crippen MR) is 76.2 cm³/mol. The molecule has 0 aromatic carbocycles. The van der Waals surface area contributed by atoms with Gasteiger partial charge in [0.25, 0.3) is 0 Å². The van der Waals surface area contributed by atoms with E-state index in [1.807, 2.05) is 13.8 Å². The van der Waals surface area contributed by atoms with Gasteiger partial charge in [0.15, 0.2) is 0 Å². The lowest BCUT2D eigenvalue weighted by atomic mass is 9.89. The lowest BCUT2D eigenvalue weighted by Crippen LogP contribution is -2.42. The van der Waals surface area contributed by atoms with Crippen LogP contribution in [0.5, 0.6) is 0 Å². The third kappa shape index (κ3) is 5.12. The van der Waals surface area contributed by atoms with Crippen molar-refractivity contribution in [1.82, 2.24) is 10.2 Å². The molecule has 0 unspecified atom stereocenters. The van der Waals surface area contributed by atoms with Crippen LogP contribution in [0.25, 0.3) is 0 Å². The van der Waals surface area contributed by atoms with Crippen molar-refractivity contribution in [2.45, 2.75) is 39.2 Å². The first-order chi connectivity index (χ1) is 7.97. The molecule has 0 radical (unpaired) electrons. The number of nitrogens with one attached hydrogen (secondary N) is 1. The fourth-order valence-electron chi connectivity index (χ4n) is 2.26. The van der Waals surface area contributed by atoms with E-state index < -0.39 is 0 Å². The van der Waals surface area contributed by atoms with E-state index in [0.717, 1.165) is 26.1 Å². The number of ether oxygens (including phenoxy) is 1. The number of hydrogen-bond donors (Lipinski definition) is 1. The molecule has 1 heterocycles. The number of hydrogen-bond acceptors (Lipinski definition) is 4. The van der Waals surface area contributed by atoms with E-state index in [0.29, 0.717) is 6.04 Å². The molecule has 1 rings (SSSR count). The van der Waals surface area contributed by atoms with Crippen molar-refractivity contribution in [1.29, 1.82) is 0 Å². The van der Waals surface area contributed by atoms with Gasteiger partial charge in [-0.15, -0.1) is 12.4 Å². The van der Waals surface area contributed by atoms with Gasteiger partial charge in [-0.3, -0.25) is 4.79 Å². The second-order valence-corrected chi connectivity index (χ2v) is 5.59. The van der Waals surface area contributed by atoms with E-state index in [4.69, 9.17) is 4.74 Å². The van der Waals surface area contributed by atoms with Crippen LogP contribution in [0, 0.1) is 5.41 Å². The van der Waals surface area contributed by atoms with E-state index in [2.05, 4.69) is 17.3 Å². The van der Waals surface area contributed by atoms with Crippen molar-refractivity contribution >= 4 is 18.4 Å². The van der Waals surface area contributed by atoms with E-state index >= 15 is 0 Å². The number of carbonyl (C=O) groups is 1. The Hall–Kier alpha value is -0.320. The Morgan fingerprint density at radius 3 is 2.44 bits per heavy atom. The summed E-state index contributed by atoms with van der Waals surface area (Å²) in [5.41, 5.74) is -0.379. The zero-order chi connectivity index (χ0) is 12.9. The average Bonchev–Trinajstić information content (AvgIpc) is 2.36. The van der Waals surface area contributed by atoms with Gasteiger partial charge >= 0.3 is 5.97 Å². The monoisotopic (exact) mass is 278 g/mol. The molecule has 1 aliphatic rings. The van der Waals surface area contributed by atoms with Crippen LogP contribution >= 0.6 is 12.4 Å². The maximum absolute atomic E-state index is 11.6. The number of piperidine rings is 1. The summed E-state index contributed by atoms with van der Waals surface area (Å²) in [6.45, 7) is 7.07. The first-order valence-corrected chi connectivity index (χ1v) is 6.47. The third-order valence-corrected chi connectivity index (χ3v) is 3.76. The Kier molecular flexibility index (Phi) is 7.83. The molecule has 4 nitrogen and oxygen atoms in total. The molecule has 0 spiro atoms. The zero-order valence-corrected chi connectivity index (χ0v) is 12.8. The molecule has 1 N–H and O–H groups in total. The van der Waals surface area contributed by atoms with Gasteiger partial charge in [0.1, 0.15) is 0 Å². The topological polar surface area (TPSA) is 41.6 Å². The summed E-state index contributed by atoms with van der Waals surface area (Å²) in [5.74, 6) is -0.115. The number of methoxy groups -OCH3 is 1. The third-order valence-electron chi connectivity index (χ3n) is 3.76. The summed E-state index contributed by atoms with van der Waals surface area (Å²) in [5, 5.41) is 3.37. The van der Waals surface area contributed by atoms with E-state index in [-0.39, 0.29) is 23.8 Å². The molecule has 0 aliphatic carbocycles. The van der Waals surface area contributed by atoms with Crippen molar-refractivity contribution in [3.63, 3.8) is 0 Å². The molecule has 1 aliphatic heterocycles. The summed E-state index contributed by atoms with van der Waals surface area (Å²) < 4.78 is 4.83. The van der Waals surface area contributed by atoms with Gasteiger partial charge in [-0.2, -0.15) is 0 Å². The minimum Gasteiger partial charge on any atom is -0.469 e. The van der Waals surface area contributed by atoms with Crippen molar-refractivity contribution < 1.29 is 9.53 Å². The molecule has 0 saturated carbocycles. The molecular formula is C13H27ClN2O2. The minimum atomic E-state index is -0.379. The second kappa shape index (κ2) is 7.97. The van der Waals surface area contributed by atoms with Crippen LogP contribution in [-0.2, 0) is 9.53 Å². The molecule has 18 heavy (non-hydrogen) atoms. The smallest absolute Gasteiger partial charge is 0.311 e. The van der Waals surface area contributed by atoms with Crippen LogP contribution in [0.2, 0.25) is 0 Å². The Labute approximate surface area is 117 Å². The largest absolute Gasteiger partial charge is 0.469 e. The Balaban J connectivity index is 0.00000289. The highest BCUT2D eigenvalue weighted by Crippen LogP contribution is 2.23. The second-order valence-electron chi connectivity index (χ2n) is 5.59. The van der Waals surface area contributed by atoms with Gasteiger partial charge in [-0.25, -0.2) is 0 Å². The standard InChI is InChI=1S/C13H26N2O2.ClH/c1-13(2,12(16)17-4)7-10-15(3)11-5-8-14-9-6-11;/h11,14H,5-10H2,1-4H3;1H. The molecule has 0 amide bonds. The Bertz CT molecular complexity index is 253. The fraction of sp³-hybridized carbons (Fsp3) is 0.923. The van der Waals surface area contributed by atoms with Crippen LogP contribution in [0.4, 0.5) is 0 Å². The number of halogens is 1. The average molecular weight is 279 g/mol. The highest BCUT2D eigenvalue weighted by molar-refractivity contribution is 5.85. The molecule has 0 aromatic rings. The van der Waals surface area contributed by atoms with Crippen molar-refractivity contribution in [2.75, 3.05) is 33.8 Å². The van der Waals surface area contributed by atoms with Gasteiger partial charge in [0.05, 0.1) is 12.5 Å².